The second-order valence-electron chi connectivity index (χ2n) is 6.24. The molecule has 0 spiro atoms. The molecule has 2 rings (SSSR count). The number of carbonyl (C=O) groups excluding carboxylic acids is 1. The Bertz CT molecular complexity index is 456. The number of ether oxygens (including phenoxy) is 1. The number of hydrogen-bond acceptors (Lipinski definition) is 4. The minimum Gasteiger partial charge on any atom is -0.365 e. The molecule has 1 fully saturated rings. The van der Waals surface area contributed by atoms with Crippen LogP contribution in [-0.2, 0) is 21.5 Å². The standard InChI is InChI=1S/C14H22N2O2S/c1-13(2,3)10-9-19-11(16-10)8-15-12(17)14(4)6-5-7-18-14/h9H,5-8H2,1-4H3,(H,15,17). The van der Waals surface area contributed by atoms with Gasteiger partial charge in [-0.05, 0) is 19.8 Å². The Hall–Kier alpha value is -0.940. The van der Waals surface area contributed by atoms with Crippen molar-refractivity contribution in [1.82, 2.24) is 10.3 Å². The third-order valence-electron chi connectivity index (χ3n) is 3.42. The highest BCUT2D eigenvalue weighted by molar-refractivity contribution is 7.09. The molecule has 1 aromatic heterocycles. The molecule has 0 bridgehead atoms. The summed E-state index contributed by atoms with van der Waals surface area (Å²) in [5.74, 6) is -0.0301. The van der Waals surface area contributed by atoms with Crippen LogP contribution in [0.2, 0.25) is 0 Å². The van der Waals surface area contributed by atoms with Crippen LogP contribution >= 0.6 is 11.3 Å². The van der Waals surface area contributed by atoms with Crippen molar-refractivity contribution in [3.63, 3.8) is 0 Å². The molecule has 1 saturated heterocycles. The summed E-state index contributed by atoms with van der Waals surface area (Å²) in [4.78, 5) is 16.7. The molecule has 4 nitrogen and oxygen atoms in total. The first kappa shape index (κ1) is 14.5. The van der Waals surface area contributed by atoms with Crippen molar-refractivity contribution in [3.05, 3.63) is 16.1 Å². The SMILES string of the molecule is CC1(C(=O)NCc2nc(C(C)(C)C)cs2)CCCO1. The third-order valence-corrected chi connectivity index (χ3v) is 4.27. The minimum atomic E-state index is -0.649. The fourth-order valence-electron chi connectivity index (χ4n) is 2.04. The molecule has 1 aliphatic heterocycles. The van der Waals surface area contributed by atoms with E-state index in [0.717, 1.165) is 23.5 Å². The molecule has 1 aromatic rings. The topological polar surface area (TPSA) is 51.2 Å². The molecule has 19 heavy (non-hydrogen) atoms. The number of nitrogens with zero attached hydrogens (tertiary/aromatic N) is 1. The largest absolute Gasteiger partial charge is 0.365 e. The normalized spacial score (nSPS) is 23.6. The number of carbonyl (C=O) groups is 1. The lowest BCUT2D eigenvalue weighted by Gasteiger charge is -2.21. The number of thiazole rings is 1. The average molecular weight is 282 g/mol. The lowest BCUT2D eigenvalue weighted by Crippen LogP contribution is -2.43. The summed E-state index contributed by atoms with van der Waals surface area (Å²) in [5.41, 5.74) is 0.480. The molecule has 1 unspecified atom stereocenters. The van der Waals surface area contributed by atoms with Crippen molar-refractivity contribution >= 4 is 17.2 Å². The lowest BCUT2D eigenvalue weighted by molar-refractivity contribution is -0.139. The van der Waals surface area contributed by atoms with Gasteiger partial charge in [-0.1, -0.05) is 20.8 Å². The molecule has 0 aliphatic carbocycles. The van der Waals surface area contributed by atoms with E-state index in [1.54, 1.807) is 11.3 Å². The second kappa shape index (κ2) is 5.21. The van der Waals surface area contributed by atoms with E-state index in [2.05, 4.69) is 36.5 Å². The van der Waals surface area contributed by atoms with Crippen molar-refractivity contribution in [2.45, 2.75) is 58.1 Å². The van der Waals surface area contributed by atoms with Gasteiger partial charge in [-0.3, -0.25) is 4.79 Å². The molecule has 0 saturated carbocycles. The van der Waals surface area contributed by atoms with E-state index >= 15 is 0 Å². The minimum absolute atomic E-state index is 0.0301. The van der Waals surface area contributed by atoms with Gasteiger partial charge >= 0.3 is 0 Å². The van der Waals surface area contributed by atoms with E-state index < -0.39 is 5.60 Å². The van der Waals surface area contributed by atoms with E-state index in [9.17, 15) is 4.79 Å². The smallest absolute Gasteiger partial charge is 0.252 e. The molecule has 2 heterocycles. The van der Waals surface area contributed by atoms with Crippen molar-refractivity contribution in [3.8, 4) is 0 Å². The maximum absolute atomic E-state index is 12.1. The summed E-state index contributed by atoms with van der Waals surface area (Å²) in [6.45, 7) is 9.43. The molecular weight excluding hydrogens is 260 g/mol. The summed E-state index contributed by atoms with van der Waals surface area (Å²) >= 11 is 1.59. The van der Waals surface area contributed by atoms with Gasteiger partial charge in [-0.2, -0.15) is 0 Å². The maximum atomic E-state index is 12.1. The second-order valence-corrected chi connectivity index (χ2v) is 7.18. The van der Waals surface area contributed by atoms with E-state index in [1.807, 2.05) is 6.92 Å². The van der Waals surface area contributed by atoms with Crippen LogP contribution in [0.25, 0.3) is 0 Å². The first-order valence-corrected chi connectivity index (χ1v) is 7.56. The van der Waals surface area contributed by atoms with Gasteiger partial charge in [0.15, 0.2) is 0 Å². The quantitative estimate of drug-likeness (QED) is 0.927. The summed E-state index contributed by atoms with van der Waals surface area (Å²) in [5, 5.41) is 5.94. The van der Waals surface area contributed by atoms with E-state index in [4.69, 9.17) is 4.74 Å². The predicted molar refractivity (Wildman–Crippen MR) is 76.3 cm³/mol. The maximum Gasteiger partial charge on any atom is 0.252 e. The van der Waals surface area contributed by atoms with Crippen LogP contribution in [0.15, 0.2) is 5.38 Å². The molecule has 5 heteroatoms. The van der Waals surface area contributed by atoms with Gasteiger partial charge in [0.25, 0.3) is 5.91 Å². The predicted octanol–water partition coefficient (Wildman–Crippen LogP) is 2.63. The van der Waals surface area contributed by atoms with Crippen molar-refractivity contribution < 1.29 is 9.53 Å². The molecule has 0 radical (unpaired) electrons. The van der Waals surface area contributed by atoms with E-state index in [-0.39, 0.29) is 11.3 Å². The molecule has 1 amide bonds. The Kier molecular flexibility index (Phi) is 3.97. The fourth-order valence-corrected chi connectivity index (χ4v) is 3.00. The number of hydrogen-bond donors (Lipinski definition) is 1. The van der Waals surface area contributed by atoms with Gasteiger partial charge in [-0.15, -0.1) is 11.3 Å². The number of nitrogens with one attached hydrogen (secondary N) is 1. The molecular formula is C14H22N2O2S. The van der Waals surface area contributed by atoms with Gasteiger partial charge in [0.1, 0.15) is 10.6 Å². The zero-order valence-corrected chi connectivity index (χ0v) is 12.9. The number of amides is 1. The van der Waals surface area contributed by atoms with Crippen molar-refractivity contribution in [1.29, 1.82) is 0 Å². The van der Waals surface area contributed by atoms with Gasteiger partial charge in [-0.25, -0.2) is 4.98 Å². The summed E-state index contributed by atoms with van der Waals surface area (Å²) < 4.78 is 5.52. The molecule has 106 valence electrons. The molecule has 1 aliphatic rings. The highest BCUT2D eigenvalue weighted by Crippen LogP contribution is 2.26. The molecule has 0 aromatic carbocycles. The van der Waals surface area contributed by atoms with Gasteiger partial charge < -0.3 is 10.1 Å². The number of rotatable bonds is 3. The summed E-state index contributed by atoms with van der Waals surface area (Å²) in [6, 6.07) is 0. The zero-order chi connectivity index (χ0) is 14.1. The third kappa shape index (κ3) is 3.34. The number of aromatic nitrogens is 1. The Morgan fingerprint density at radius 3 is 2.84 bits per heavy atom. The van der Waals surface area contributed by atoms with Crippen LogP contribution in [0.4, 0.5) is 0 Å². The average Bonchev–Trinajstić information content (AvgIpc) is 2.94. The van der Waals surface area contributed by atoms with Crippen LogP contribution in [0, 0.1) is 0 Å². The molecule has 1 N–H and O–H groups in total. The van der Waals surface area contributed by atoms with Crippen LogP contribution in [0.5, 0.6) is 0 Å². The highest BCUT2D eigenvalue weighted by Gasteiger charge is 2.37. The summed E-state index contributed by atoms with van der Waals surface area (Å²) in [6.07, 6.45) is 1.75. The van der Waals surface area contributed by atoms with Crippen LogP contribution < -0.4 is 5.32 Å². The Balaban J connectivity index is 1.92. The molecule has 1 atom stereocenters. The Labute approximate surface area is 118 Å². The van der Waals surface area contributed by atoms with Crippen molar-refractivity contribution in [2.75, 3.05) is 6.61 Å². The van der Waals surface area contributed by atoms with Crippen LogP contribution in [0.1, 0.15) is 51.2 Å². The van der Waals surface area contributed by atoms with E-state index in [0.29, 0.717) is 13.2 Å². The zero-order valence-electron chi connectivity index (χ0n) is 12.1. The fraction of sp³-hybridized carbons (Fsp3) is 0.714. The summed E-state index contributed by atoms with van der Waals surface area (Å²) in [7, 11) is 0. The van der Waals surface area contributed by atoms with Crippen LogP contribution in [0.3, 0.4) is 0 Å². The monoisotopic (exact) mass is 282 g/mol. The Morgan fingerprint density at radius 2 is 2.32 bits per heavy atom. The van der Waals surface area contributed by atoms with E-state index in [1.165, 1.54) is 0 Å². The highest BCUT2D eigenvalue weighted by atomic mass is 32.1. The first-order valence-electron chi connectivity index (χ1n) is 6.68. The van der Waals surface area contributed by atoms with Gasteiger partial charge in [0.2, 0.25) is 0 Å². The van der Waals surface area contributed by atoms with Crippen LogP contribution in [-0.4, -0.2) is 23.1 Å². The Morgan fingerprint density at radius 1 is 1.58 bits per heavy atom. The first-order chi connectivity index (χ1) is 8.81. The van der Waals surface area contributed by atoms with Crippen molar-refractivity contribution in [2.24, 2.45) is 0 Å². The van der Waals surface area contributed by atoms with Gasteiger partial charge in [0, 0.05) is 17.4 Å². The van der Waals surface area contributed by atoms with Gasteiger partial charge in [0.05, 0.1) is 12.2 Å². The lowest BCUT2D eigenvalue weighted by atomic mass is 9.93.